The van der Waals surface area contributed by atoms with E-state index >= 15 is 0 Å². The number of nitrogens with zero attached hydrogens (tertiary/aromatic N) is 2. The Morgan fingerprint density at radius 1 is 1.33 bits per heavy atom. The molecule has 1 aliphatic rings. The molecule has 0 radical (unpaired) electrons. The summed E-state index contributed by atoms with van der Waals surface area (Å²) in [4.78, 5) is 12.6. The minimum absolute atomic E-state index is 0. The number of rotatable bonds is 3. The lowest BCUT2D eigenvalue weighted by Gasteiger charge is -2.30. The van der Waals surface area contributed by atoms with Gasteiger partial charge in [-0.3, -0.25) is 4.79 Å². The van der Waals surface area contributed by atoms with Crippen LogP contribution in [0.1, 0.15) is 41.4 Å². The quantitative estimate of drug-likeness (QED) is 0.826. The van der Waals surface area contributed by atoms with Crippen LogP contribution in [0.25, 0.3) is 5.69 Å². The van der Waals surface area contributed by atoms with Crippen LogP contribution in [0.5, 0.6) is 0 Å². The Hall–Kier alpha value is -2.06. The van der Waals surface area contributed by atoms with E-state index in [1.54, 1.807) is 31.2 Å². The Balaban J connectivity index is 0.00000261. The van der Waals surface area contributed by atoms with Crippen LogP contribution in [0.2, 0.25) is 0 Å². The predicted octanol–water partition coefficient (Wildman–Crippen LogP) is 3.49. The Morgan fingerprint density at radius 2 is 2.04 bits per heavy atom. The van der Waals surface area contributed by atoms with Gasteiger partial charge in [-0.15, -0.1) is 12.4 Å². The van der Waals surface area contributed by atoms with Gasteiger partial charge in [-0.05, 0) is 44.9 Å². The van der Waals surface area contributed by atoms with Gasteiger partial charge in [-0.1, -0.05) is 18.2 Å². The third-order valence-electron chi connectivity index (χ3n) is 4.70. The van der Waals surface area contributed by atoms with E-state index in [0.717, 1.165) is 30.3 Å². The van der Waals surface area contributed by atoms with E-state index in [0.29, 0.717) is 11.3 Å². The maximum Gasteiger partial charge on any atom is 0.434 e. The molecule has 27 heavy (non-hydrogen) atoms. The summed E-state index contributed by atoms with van der Waals surface area (Å²) in [6, 6.07) is 6.42. The van der Waals surface area contributed by atoms with Crippen molar-refractivity contribution in [2.75, 3.05) is 6.54 Å². The molecule has 0 aliphatic carbocycles. The topological polar surface area (TPSA) is 59.0 Å². The number of aromatic nitrogens is 2. The number of amides is 1. The second kappa shape index (κ2) is 8.31. The minimum Gasteiger partial charge on any atom is -0.348 e. The van der Waals surface area contributed by atoms with Crippen LogP contribution >= 0.6 is 12.4 Å². The van der Waals surface area contributed by atoms with E-state index in [2.05, 4.69) is 15.7 Å². The van der Waals surface area contributed by atoms with Gasteiger partial charge in [0.25, 0.3) is 5.91 Å². The SMILES string of the molecule is Cc1ccccc1-n1ncc(C(=O)NC2CCCNC2C)c1C(F)(F)F.Cl. The standard InChI is InChI=1S/C18H21F3N4O.ClH/c1-11-6-3-4-8-15(11)25-16(18(19,20)21)13(10-23-25)17(26)24-14-7-5-9-22-12(14)2;/h3-4,6,8,10,12,14,22H,5,7,9H2,1-2H3,(H,24,26);1H. The second-order valence-electron chi connectivity index (χ2n) is 6.57. The molecule has 2 N–H and O–H groups in total. The van der Waals surface area contributed by atoms with Crippen molar-refractivity contribution in [1.29, 1.82) is 0 Å². The average Bonchev–Trinajstić information content (AvgIpc) is 3.02. The molecular formula is C18H22ClF3N4O. The van der Waals surface area contributed by atoms with Crippen LogP contribution in [0, 0.1) is 6.92 Å². The number of aryl methyl sites for hydroxylation is 1. The first-order chi connectivity index (χ1) is 12.3. The first-order valence-electron chi connectivity index (χ1n) is 8.54. The van der Waals surface area contributed by atoms with Crippen molar-refractivity contribution in [3.05, 3.63) is 47.3 Å². The van der Waals surface area contributed by atoms with Crippen molar-refractivity contribution >= 4 is 18.3 Å². The average molecular weight is 403 g/mol. The summed E-state index contributed by atoms with van der Waals surface area (Å²) >= 11 is 0. The fourth-order valence-electron chi connectivity index (χ4n) is 3.26. The van der Waals surface area contributed by atoms with Gasteiger partial charge in [0.1, 0.15) is 0 Å². The van der Waals surface area contributed by atoms with Gasteiger partial charge in [-0.25, -0.2) is 4.68 Å². The molecule has 148 valence electrons. The number of nitrogens with one attached hydrogen (secondary N) is 2. The molecule has 1 amide bonds. The molecule has 2 atom stereocenters. The summed E-state index contributed by atoms with van der Waals surface area (Å²) in [6.45, 7) is 4.45. The lowest BCUT2D eigenvalue weighted by atomic mass is 9.99. The third kappa shape index (κ3) is 4.44. The highest BCUT2D eigenvalue weighted by Gasteiger charge is 2.41. The normalized spacial score (nSPS) is 20.0. The molecule has 1 aromatic carbocycles. The highest BCUT2D eigenvalue weighted by molar-refractivity contribution is 5.95. The number of carbonyl (C=O) groups excluding carboxylic acids is 1. The van der Waals surface area contributed by atoms with Crippen molar-refractivity contribution in [3.8, 4) is 5.69 Å². The summed E-state index contributed by atoms with van der Waals surface area (Å²) in [6.07, 6.45) is -2.12. The van der Waals surface area contributed by atoms with Gasteiger partial charge >= 0.3 is 6.18 Å². The zero-order valence-corrected chi connectivity index (χ0v) is 15.8. The van der Waals surface area contributed by atoms with Crippen LogP contribution in [0.3, 0.4) is 0 Å². The third-order valence-corrected chi connectivity index (χ3v) is 4.70. The molecule has 1 aliphatic heterocycles. The number of piperidine rings is 1. The van der Waals surface area contributed by atoms with Crippen LogP contribution in [-0.4, -0.2) is 34.3 Å². The Kier molecular flexibility index (Phi) is 6.54. The molecule has 3 rings (SSSR count). The molecule has 0 saturated carbocycles. The van der Waals surface area contributed by atoms with Gasteiger partial charge in [0.2, 0.25) is 0 Å². The maximum absolute atomic E-state index is 13.7. The van der Waals surface area contributed by atoms with Crippen molar-refractivity contribution in [2.24, 2.45) is 0 Å². The number of hydrogen-bond acceptors (Lipinski definition) is 3. The molecule has 1 saturated heterocycles. The molecule has 1 fully saturated rings. The van der Waals surface area contributed by atoms with Crippen molar-refractivity contribution in [2.45, 2.75) is 44.9 Å². The van der Waals surface area contributed by atoms with Gasteiger partial charge in [0, 0.05) is 12.1 Å². The fraction of sp³-hybridized carbons (Fsp3) is 0.444. The number of alkyl halides is 3. The molecule has 0 bridgehead atoms. The first-order valence-corrected chi connectivity index (χ1v) is 8.54. The minimum atomic E-state index is -4.71. The van der Waals surface area contributed by atoms with E-state index in [4.69, 9.17) is 0 Å². The fourth-order valence-corrected chi connectivity index (χ4v) is 3.26. The van der Waals surface area contributed by atoms with Crippen LogP contribution < -0.4 is 10.6 Å². The largest absolute Gasteiger partial charge is 0.434 e. The Morgan fingerprint density at radius 3 is 2.67 bits per heavy atom. The summed E-state index contributed by atoms with van der Waals surface area (Å²) in [5, 5.41) is 9.80. The molecule has 2 heterocycles. The predicted molar refractivity (Wildman–Crippen MR) is 98.5 cm³/mol. The van der Waals surface area contributed by atoms with Crippen molar-refractivity contribution in [3.63, 3.8) is 0 Å². The van der Waals surface area contributed by atoms with Gasteiger partial charge < -0.3 is 10.6 Å². The maximum atomic E-state index is 13.7. The molecule has 2 aromatic rings. The van der Waals surface area contributed by atoms with E-state index in [1.807, 2.05) is 6.92 Å². The number of carbonyl (C=O) groups is 1. The lowest BCUT2D eigenvalue weighted by Crippen LogP contribution is -2.52. The molecule has 5 nitrogen and oxygen atoms in total. The molecular weight excluding hydrogens is 381 g/mol. The van der Waals surface area contributed by atoms with E-state index in [9.17, 15) is 18.0 Å². The van der Waals surface area contributed by atoms with Gasteiger partial charge in [0.05, 0.1) is 17.4 Å². The van der Waals surface area contributed by atoms with Gasteiger partial charge in [-0.2, -0.15) is 18.3 Å². The van der Waals surface area contributed by atoms with Crippen LogP contribution in [0.15, 0.2) is 30.5 Å². The Bertz CT molecular complexity index is 806. The highest BCUT2D eigenvalue weighted by Crippen LogP contribution is 2.34. The molecule has 2 unspecified atom stereocenters. The van der Waals surface area contributed by atoms with Gasteiger partial charge in [0.15, 0.2) is 5.69 Å². The summed E-state index contributed by atoms with van der Waals surface area (Å²) in [5.74, 6) is -0.752. The Labute approximate surface area is 161 Å². The summed E-state index contributed by atoms with van der Waals surface area (Å²) in [7, 11) is 0. The summed E-state index contributed by atoms with van der Waals surface area (Å²) < 4.78 is 42.0. The van der Waals surface area contributed by atoms with Crippen LogP contribution in [0.4, 0.5) is 13.2 Å². The van der Waals surface area contributed by atoms with E-state index < -0.39 is 23.3 Å². The monoisotopic (exact) mass is 402 g/mol. The van der Waals surface area contributed by atoms with Crippen LogP contribution in [-0.2, 0) is 6.18 Å². The number of para-hydroxylation sites is 1. The van der Waals surface area contributed by atoms with E-state index in [1.165, 1.54) is 0 Å². The highest BCUT2D eigenvalue weighted by atomic mass is 35.5. The summed E-state index contributed by atoms with van der Waals surface area (Å²) in [5.41, 5.74) is -0.580. The van der Waals surface area contributed by atoms with Crippen molar-refractivity contribution < 1.29 is 18.0 Å². The smallest absolute Gasteiger partial charge is 0.348 e. The lowest BCUT2D eigenvalue weighted by molar-refractivity contribution is -0.143. The van der Waals surface area contributed by atoms with E-state index in [-0.39, 0.29) is 24.5 Å². The molecule has 1 aromatic heterocycles. The first kappa shape index (κ1) is 21.2. The zero-order valence-electron chi connectivity index (χ0n) is 15.0. The number of benzene rings is 1. The number of halogens is 4. The molecule has 0 spiro atoms. The number of hydrogen-bond donors (Lipinski definition) is 2. The van der Waals surface area contributed by atoms with Crippen molar-refractivity contribution in [1.82, 2.24) is 20.4 Å². The molecule has 9 heteroatoms. The zero-order chi connectivity index (χ0) is 18.9. The second-order valence-corrected chi connectivity index (χ2v) is 6.57.